The van der Waals surface area contributed by atoms with Crippen LogP contribution in [0.5, 0.6) is 11.5 Å². The first-order valence-electron chi connectivity index (χ1n) is 8.40. The molecule has 0 aliphatic carbocycles. The lowest BCUT2D eigenvalue weighted by atomic mass is 10.1. The molecule has 1 heterocycles. The van der Waals surface area contributed by atoms with Crippen LogP contribution in [0.2, 0.25) is 0 Å². The first-order chi connectivity index (χ1) is 13.2. The Labute approximate surface area is 167 Å². The molecule has 0 aromatic heterocycles. The average Bonchev–Trinajstić information content (AvgIpc) is 2.72. The Balaban J connectivity index is 1.93. The molecule has 0 bridgehead atoms. The van der Waals surface area contributed by atoms with Gasteiger partial charge in [-0.2, -0.15) is 0 Å². The lowest BCUT2D eigenvalue weighted by Crippen LogP contribution is -2.15. The molecule has 1 aliphatic rings. The topological polar surface area (TPSA) is 44.8 Å². The molecule has 0 spiro atoms. The molecule has 2 aromatic rings. The number of fused-ring (bicyclic) bond motifs is 1. The van der Waals surface area contributed by atoms with Gasteiger partial charge in [0.15, 0.2) is 11.5 Å². The molecule has 136 valence electrons. The van der Waals surface area contributed by atoms with Gasteiger partial charge in [0, 0.05) is 40.6 Å². The minimum absolute atomic E-state index is 0.370. The maximum absolute atomic E-state index is 11.5. The second kappa shape index (κ2) is 9.16. The minimum Gasteiger partial charge on any atom is -0.486 e. The van der Waals surface area contributed by atoms with Gasteiger partial charge in [0.25, 0.3) is 0 Å². The molecule has 27 heavy (non-hydrogen) atoms. The molecule has 0 unspecified atom stereocenters. The maximum Gasteiger partial charge on any atom is 0.337 e. The largest absolute Gasteiger partial charge is 0.486 e. The summed E-state index contributed by atoms with van der Waals surface area (Å²) in [6, 6.07) is 10.7. The highest BCUT2D eigenvalue weighted by atomic mass is 79.9. The zero-order chi connectivity index (χ0) is 19.1. The van der Waals surface area contributed by atoms with E-state index >= 15 is 0 Å². The smallest absolute Gasteiger partial charge is 0.337 e. The van der Waals surface area contributed by atoms with Gasteiger partial charge < -0.3 is 14.2 Å². The zero-order valence-corrected chi connectivity index (χ0v) is 16.4. The standard InChI is InChI=1S/C22H17BrO4/c1-25-22(24)17-8-5-16(6-9-17)7-10-19-15-21-20(26-12-13-27-21)14-18(19)4-2-3-11-23/h5-6,8-9,14-15H,3,11-13H2,1H3. The molecule has 2 aromatic carbocycles. The SMILES string of the molecule is COC(=O)c1ccc(C#Cc2cc3c(cc2C#CCCBr)OCCO3)cc1. The van der Waals surface area contributed by atoms with Crippen molar-refractivity contribution in [1.29, 1.82) is 0 Å². The summed E-state index contributed by atoms with van der Waals surface area (Å²) < 4.78 is 16.0. The molecular formula is C22H17BrO4. The van der Waals surface area contributed by atoms with Crippen molar-refractivity contribution in [3.8, 4) is 35.2 Å². The van der Waals surface area contributed by atoms with Crippen LogP contribution in [0, 0.1) is 23.7 Å². The Hall–Kier alpha value is -2.89. The van der Waals surface area contributed by atoms with E-state index in [-0.39, 0.29) is 5.97 Å². The van der Waals surface area contributed by atoms with Gasteiger partial charge in [-0.15, -0.1) is 0 Å². The lowest BCUT2D eigenvalue weighted by molar-refractivity contribution is 0.0600. The number of alkyl halides is 1. The van der Waals surface area contributed by atoms with E-state index in [9.17, 15) is 4.79 Å². The number of halogens is 1. The number of methoxy groups -OCH3 is 1. The van der Waals surface area contributed by atoms with E-state index in [1.807, 2.05) is 12.1 Å². The number of ether oxygens (including phenoxy) is 3. The van der Waals surface area contributed by atoms with Crippen LogP contribution in [-0.2, 0) is 4.74 Å². The van der Waals surface area contributed by atoms with Crippen molar-refractivity contribution in [2.45, 2.75) is 6.42 Å². The van der Waals surface area contributed by atoms with Crippen LogP contribution in [0.3, 0.4) is 0 Å². The molecule has 0 atom stereocenters. The van der Waals surface area contributed by atoms with Gasteiger partial charge >= 0.3 is 5.97 Å². The highest BCUT2D eigenvalue weighted by molar-refractivity contribution is 9.09. The van der Waals surface area contributed by atoms with Crippen LogP contribution >= 0.6 is 15.9 Å². The predicted molar refractivity (Wildman–Crippen MR) is 106 cm³/mol. The van der Waals surface area contributed by atoms with E-state index in [1.54, 1.807) is 24.3 Å². The summed E-state index contributed by atoms with van der Waals surface area (Å²) in [7, 11) is 1.36. The first kappa shape index (κ1) is 18.9. The second-order valence-electron chi connectivity index (χ2n) is 5.60. The molecule has 0 fully saturated rings. The zero-order valence-electron chi connectivity index (χ0n) is 14.8. The summed E-state index contributed by atoms with van der Waals surface area (Å²) in [5.41, 5.74) is 2.86. The van der Waals surface area contributed by atoms with Crippen LogP contribution in [0.25, 0.3) is 0 Å². The van der Waals surface area contributed by atoms with Gasteiger partial charge in [-0.1, -0.05) is 39.6 Å². The fourth-order valence-electron chi connectivity index (χ4n) is 2.45. The molecule has 0 N–H and O–H groups in total. The Morgan fingerprint density at radius 1 is 1.04 bits per heavy atom. The molecule has 0 saturated carbocycles. The van der Waals surface area contributed by atoms with E-state index in [4.69, 9.17) is 14.2 Å². The van der Waals surface area contributed by atoms with Gasteiger partial charge in [0.1, 0.15) is 13.2 Å². The molecule has 3 rings (SSSR count). The Morgan fingerprint density at radius 2 is 1.67 bits per heavy atom. The van der Waals surface area contributed by atoms with Crippen molar-refractivity contribution in [2.24, 2.45) is 0 Å². The Bertz CT molecular complexity index is 956. The quantitative estimate of drug-likeness (QED) is 0.418. The van der Waals surface area contributed by atoms with Gasteiger partial charge in [0.05, 0.1) is 12.7 Å². The van der Waals surface area contributed by atoms with Crippen molar-refractivity contribution in [3.05, 3.63) is 58.7 Å². The number of hydrogen-bond acceptors (Lipinski definition) is 4. The van der Waals surface area contributed by atoms with Gasteiger partial charge in [0.2, 0.25) is 0 Å². The third-order valence-corrected chi connectivity index (χ3v) is 4.17. The second-order valence-corrected chi connectivity index (χ2v) is 6.39. The molecule has 0 radical (unpaired) electrons. The van der Waals surface area contributed by atoms with Crippen LogP contribution in [0.1, 0.15) is 33.5 Å². The summed E-state index contributed by atoms with van der Waals surface area (Å²) in [5.74, 6) is 13.5. The summed E-state index contributed by atoms with van der Waals surface area (Å²) >= 11 is 3.38. The van der Waals surface area contributed by atoms with Crippen molar-refractivity contribution in [1.82, 2.24) is 0 Å². The molecule has 0 amide bonds. The summed E-state index contributed by atoms with van der Waals surface area (Å²) in [6.45, 7) is 1.04. The van der Waals surface area contributed by atoms with Gasteiger partial charge in [-0.25, -0.2) is 4.79 Å². The normalized spacial score (nSPS) is 11.5. The fraction of sp³-hybridized carbons (Fsp3) is 0.227. The fourth-order valence-corrected chi connectivity index (χ4v) is 2.65. The highest BCUT2D eigenvalue weighted by Gasteiger charge is 2.14. The van der Waals surface area contributed by atoms with E-state index in [1.165, 1.54) is 7.11 Å². The third kappa shape index (κ3) is 4.84. The number of carbonyl (C=O) groups excluding carboxylic acids is 1. The Kier molecular flexibility index (Phi) is 6.41. The lowest BCUT2D eigenvalue weighted by Gasteiger charge is -2.19. The summed E-state index contributed by atoms with van der Waals surface area (Å²) in [6.07, 6.45) is 0.746. The van der Waals surface area contributed by atoms with E-state index in [0.717, 1.165) is 28.4 Å². The first-order valence-corrected chi connectivity index (χ1v) is 9.52. The highest BCUT2D eigenvalue weighted by Crippen LogP contribution is 2.32. The van der Waals surface area contributed by atoms with Crippen molar-refractivity contribution in [2.75, 3.05) is 25.7 Å². The number of esters is 1. The summed E-state index contributed by atoms with van der Waals surface area (Å²) in [5, 5.41) is 0.818. The maximum atomic E-state index is 11.5. The van der Waals surface area contributed by atoms with Crippen LogP contribution < -0.4 is 9.47 Å². The number of hydrogen-bond donors (Lipinski definition) is 0. The molecular weight excluding hydrogens is 408 g/mol. The van der Waals surface area contributed by atoms with Crippen LogP contribution in [0.15, 0.2) is 36.4 Å². The average molecular weight is 425 g/mol. The van der Waals surface area contributed by atoms with Gasteiger partial charge in [-0.05, 0) is 24.3 Å². The third-order valence-electron chi connectivity index (χ3n) is 3.77. The number of carbonyl (C=O) groups is 1. The van der Waals surface area contributed by atoms with E-state index < -0.39 is 0 Å². The van der Waals surface area contributed by atoms with Crippen LogP contribution in [0.4, 0.5) is 0 Å². The minimum atomic E-state index is -0.370. The number of rotatable bonds is 2. The van der Waals surface area contributed by atoms with Crippen LogP contribution in [-0.4, -0.2) is 31.6 Å². The molecule has 4 nitrogen and oxygen atoms in total. The van der Waals surface area contributed by atoms with Gasteiger partial charge in [-0.3, -0.25) is 0 Å². The van der Waals surface area contributed by atoms with Crippen molar-refractivity contribution in [3.63, 3.8) is 0 Å². The molecule has 5 heteroatoms. The van der Waals surface area contributed by atoms with Crippen molar-refractivity contribution >= 4 is 21.9 Å². The van der Waals surface area contributed by atoms with Crippen molar-refractivity contribution < 1.29 is 19.0 Å². The predicted octanol–water partition coefficient (Wildman–Crippen LogP) is 3.78. The molecule has 0 saturated heterocycles. The monoisotopic (exact) mass is 424 g/mol. The summed E-state index contributed by atoms with van der Waals surface area (Å²) in [4.78, 5) is 11.5. The molecule has 1 aliphatic heterocycles. The number of benzene rings is 2. The Morgan fingerprint density at radius 3 is 2.26 bits per heavy atom. The van der Waals surface area contributed by atoms with E-state index in [0.29, 0.717) is 30.3 Å². The van der Waals surface area contributed by atoms with E-state index in [2.05, 4.69) is 39.6 Å².